The second-order valence-corrected chi connectivity index (χ2v) is 8.24. The van der Waals surface area contributed by atoms with E-state index in [2.05, 4.69) is 20.9 Å². The number of carbonyl (C=O) groups is 4. The summed E-state index contributed by atoms with van der Waals surface area (Å²) >= 11 is 0. The van der Waals surface area contributed by atoms with E-state index in [0.717, 1.165) is 16.5 Å². The number of nitrogens with one attached hydrogen (secondary N) is 4. The van der Waals surface area contributed by atoms with Gasteiger partial charge < -0.3 is 36.9 Å². The largest absolute Gasteiger partial charge is 0.480 e. The molecule has 11 heteroatoms. The maximum Gasteiger partial charge on any atom is 0.328 e. The van der Waals surface area contributed by atoms with E-state index >= 15 is 0 Å². The third-order valence-corrected chi connectivity index (χ3v) is 5.24. The van der Waals surface area contributed by atoms with Gasteiger partial charge in [0.2, 0.25) is 17.7 Å². The summed E-state index contributed by atoms with van der Waals surface area (Å²) in [6.07, 6.45) is 0.393. The van der Waals surface area contributed by atoms with Gasteiger partial charge in [-0.05, 0) is 24.5 Å². The van der Waals surface area contributed by atoms with E-state index in [1.807, 2.05) is 24.3 Å². The zero-order chi connectivity index (χ0) is 24.7. The van der Waals surface area contributed by atoms with E-state index in [4.69, 9.17) is 5.73 Å². The quantitative estimate of drug-likeness (QED) is 0.229. The fraction of sp³-hybridized carbons (Fsp3) is 0.455. The summed E-state index contributed by atoms with van der Waals surface area (Å²) in [6, 6.07) is 3.88. The minimum absolute atomic E-state index is 0.0488. The Bertz CT molecular complexity index is 1000. The number of carboxylic acids is 1. The lowest BCUT2D eigenvalue weighted by Gasteiger charge is -2.23. The Labute approximate surface area is 191 Å². The van der Waals surface area contributed by atoms with Crippen LogP contribution in [0.15, 0.2) is 30.5 Å². The monoisotopic (exact) mass is 461 g/mol. The van der Waals surface area contributed by atoms with E-state index in [-0.39, 0.29) is 12.3 Å². The molecule has 4 atom stereocenters. The first kappa shape index (κ1) is 25.8. The van der Waals surface area contributed by atoms with Crippen molar-refractivity contribution in [3.8, 4) is 0 Å². The van der Waals surface area contributed by atoms with E-state index in [1.54, 1.807) is 20.0 Å². The zero-order valence-corrected chi connectivity index (χ0v) is 18.8. The Morgan fingerprint density at radius 2 is 1.73 bits per heavy atom. The molecule has 3 amide bonds. The Balaban J connectivity index is 2.17. The number of aliphatic hydroxyl groups excluding tert-OH is 1. The number of aromatic nitrogens is 1. The van der Waals surface area contributed by atoms with Gasteiger partial charge in [-0.15, -0.1) is 0 Å². The van der Waals surface area contributed by atoms with Crippen LogP contribution in [0.5, 0.6) is 0 Å². The second-order valence-electron chi connectivity index (χ2n) is 8.24. The van der Waals surface area contributed by atoms with Crippen LogP contribution in [0.2, 0.25) is 0 Å². The summed E-state index contributed by atoms with van der Waals surface area (Å²) in [6.45, 7) is 4.37. The average Bonchev–Trinajstić information content (AvgIpc) is 3.16. The number of H-pyrrole nitrogens is 1. The molecule has 180 valence electrons. The van der Waals surface area contributed by atoms with E-state index in [1.165, 1.54) is 6.92 Å². The molecular formula is C22H31N5O6. The Kier molecular flexibility index (Phi) is 8.94. The van der Waals surface area contributed by atoms with Crippen molar-refractivity contribution < 1.29 is 29.4 Å². The SMILES string of the molecule is CC(C)C(N)C(=O)NCC(=O)NC(Cc1c[nH]c2ccccc12)C(=O)NC(C(=O)O)C(C)O. The molecule has 0 spiro atoms. The highest BCUT2D eigenvalue weighted by atomic mass is 16.4. The standard InChI is InChI=1S/C22H31N5O6/c1-11(2)18(23)21(31)25-10-17(29)26-16(20(30)27-19(12(3)28)22(32)33)8-13-9-24-15-7-5-4-6-14(13)15/h4-7,9,11-12,16,18-19,24,28H,8,10,23H2,1-3H3,(H,25,31)(H,26,29)(H,27,30)(H,32,33). The van der Waals surface area contributed by atoms with Gasteiger partial charge in [0, 0.05) is 23.5 Å². The number of benzene rings is 1. The molecule has 0 fully saturated rings. The van der Waals surface area contributed by atoms with Crippen molar-refractivity contribution >= 4 is 34.6 Å². The number of nitrogens with two attached hydrogens (primary N) is 1. The lowest BCUT2D eigenvalue weighted by atomic mass is 10.0. The maximum atomic E-state index is 12.9. The Morgan fingerprint density at radius 1 is 1.06 bits per heavy atom. The molecule has 0 aliphatic heterocycles. The van der Waals surface area contributed by atoms with Crippen molar-refractivity contribution in [1.29, 1.82) is 0 Å². The van der Waals surface area contributed by atoms with Crippen LogP contribution in [0.4, 0.5) is 0 Å². The highest BCUT2D eigenvalue weighted by Crippen LogP contribution is 2.19. The summed E-state index contributed by atoms with van der Waals surface area (Å²) in [5.41, 5.74) is 7.32. The van der Waals surface area contributed by atoms with Gasteiger partial charge in [-0.3, -0.25) is 14.4 Å². The number of fused-ring (bicyclic) bond motifs is 1. The van der Waals surface area contributed by atoms with Gasteiger partial charge in [0.15, 0.2) is 6.04 Å². The van der Waals surface area contributed by atoms with Crippen molar-refractivity contribution in [3.05, 3.63) is 36.0 Å². The highest BCUT2D eigenvalue weighted by Gasteiger charge is 2.30. The van der Waals surface area contributed by atoms with Gasteiger partial charge in [-0.2, -0.15) is 0 Å². The van der Waals surface area contributed by atoms with Gasteiger partial charge >= 0.3 is 5.97 Å². The molecule has 1 aromatic carbocycles. The second kappa shape index (κ2) is 11.4. The molecule has 2 aromatic rings. The van der Waals surface area contributed by atoms with E-state index < -0.39 is 54.5 Å². The Hall–Kier alpha value is -3.44. The number of hydrogen-bond acceptors (Lipinski definition) is 6. The Morgan fingerprint density at radius 3 is 2.33 bits per heavy atom. The van der Waals surface area contributed by atoms with Crippen LogP contribution in [0.3, 0.4) is 0 Å². The summed E-state index contributed by atoms with van der Waals surface area (Å²) in [4.78, 5) is 51.8. The van der Waals surface area contributed by atoms with Crippen molar-refractivity contribution in [2.75, 3.05) is 6.54 Å². The smallest absolute Gasteiger partial charge is 0.328 e. The average molecular weight is 462 g/mol. The summed E-state index contributed by atoms with van der Waals surface area (Å²) < 4.78 is 0. The number of para-hydroxylation sites is 1. The predicted molar refractivity (Wildman–Crippen MR) is 121 cm³/mol. The topological polar surface area (TPSA) is 187 Å². The van der Waals surface area contributed by atoms with Crippen LogP contribution in [0.1, 0.15) is 26.3 Å². The zero-order valence-electron chi connectivity index (χ0n) is 18.8. The number of aliphatic carboxylic acids is 1. The fourth-order valence-corrected chi connectivity index (χ4v) is 3.21. The lowest BCUT2D eigenvalue weighted by Crippen LogP contribution is -2.56. The molecule has 0 saturated carbocycles. The predicted octanol–water partition coefficient (Wildman–Crippen LogP) is -0.755. The number of aromatic amines is 1. The molecule has 1 heterocycles. The van der Waals surface area contributed by atoms with Crippen LogP contribution in [-0.2, 0) is 25.6 Å². The molecule has 33 heavy (non-hydrogen) atoms. The number of rotatable bonds is 11. The van der Waals surface area contributed by atoms with E-state index in [0.29, 0.717) is 0 Å². The first-order valence-electron chi connectivity index (χ1n) is 10.6. The fourth-order valence-electron chi connectivity index (χ4n) is 3.21. The highest BCUT2D eigenvalue weighted by molar-refractivity contribution is 5.93. The van der Waals surface area contributed by atoms with Crippen LogP contribution >= 0.6 is 0 Å². The van der Waals surface area contributed by atoms with E-state index in [9.17, 15) is 29.4 Å². The lowest BCUT2D eigenvalue weighted by molar-refractivity contribution is -0.145. The minimum atomic E-state index is -1.55. The van der Waals surface area contributed by atoms with Crippen molar-refractivity contribution in [1.82, 2.24) is 20.9 Å². The molecule has 0 aliphatic carbocycles. The number of carbonyl (C=O) groups excluding carboxylic acids is 3. The number of carboxylic acid groups (broad SMARTS) is 1. The molecule has 1 aromatic heterocycles. The maximum absolute atomic E-state index is 12.9. The third kappa shape index (κ3) is 7.02. The molecule has 8 N–H and O–H groups in total. The van der Waals surface area contributed by atoms with Crippen LogP contribution in [0.25, 0.3) is 10.9 Å². The molecule has 2 rings (SSSR count). The third-order valence-electron chi connectivity index (χ3n) is 5.24. The van der Waals surface area contributed by atoms with Crippen molar-refractivity contribution in [2.45, 2.75) is 51.4 Å². The van der Waals surface area contributed by atoms with Crippen LogP contribution in [0, 0.1) is 5.92 Å². The first-order chi connectivity index (χ1) is 15.5. The minimum Gasteiger partial charge on any atom is -0.480 e. The number of amides is 3. The number of hydrogen-bond donors (Lipinski definition) is 7. The molecule has 0 saturated heterocycles. The van der Waals surface area contributed by atoms with Gasteiger partial charge in [-0.25, -0.2) is 4.79 Å². The molecule has 0 aliphatic rings. The molecule has 4 unspecified atom stereocenters. The van der Waals surface area contributed by atoms with Crippen molar-refractivity contribution in [2.24, 2.45) is 11.7 Å². The molecule has 0 bridgehead atoms. The number of aliphatic hydroxyl groups is 1. The van der Waals surface area contributed by atoms with Gasteiger partial charge in [0.25, 0.3) is 0 Å². The normalized spacial score (nSPS) is 14.8. The first-order valence-corrected chi connectivity index (χ1v) is 10.6. The van der Waals surface area contributed by atoms with Gasteiger partial charge in [0.1, 0.15) is 6.04 Å². The summed E-state index contributed by atoms with van der Waals surface area (Å²) in [5.74, 6) is -3.47. The molecular weight excluding hydrogens is 430 g/mol. The van der Waals surface area contributed by atoms with Crippen LogP contribution < -0.4 is 21.7 Å². The van der Waals surface area contributed by atoms with Crippen molar-refractivity contribution in [3.63, 3.8) is 0 Å². The van der Waals surface area contributed by atoms with Gasteiger partial charge in [-0.1, -0.05) is 32.0 Å². The molecule has 11 nitrogen and oxygen atoms in total. The summed E-state index contributed by atoms with van der Waals surface area (Å²) in [7, 11) is 0. The van der Waals surface area contributed by atoms with Gasteiger partial charge in [0.05, 0.1) is 18.7 Å². The van der Waals surface area contributed by atoms with Crippen LogP contribution in [-0.4, -0.2) is 69.7 Å². The summed E-state index contributed by atoms with van der Waals surface area (Å²) in [5, 5.41) is 27.0. The molecule has 0 radical (unpaired) electrons.